The maximum Gasteiger partial charge on any atom is 0.410 e. The first-order valence-electron chi connectivity index (χ1n) is 8.96. The Bertz CT molecular complexity index is 797. The Morgan fingerprint density at radius 1 is 1.32 bits per heavy atom. The van der Waals surface area contributed by atoms with Crippen LogP contribution in [0.3, 0.4) is 0 Å². The van der Waals surface area contributed by atoms with E-state index in [0.717, 1.165) is 42.3 Å². The molecule has 0 radical (unpaired) electrons. The van der Waals surface area contributed by atoms with Crippen molar-refractivity contribution in [3.63, 3.8) is 0 Å². The molecule has 6 heteroatoms. The van der Waals surface area contributed by atoms with Crippen molar-refractivity contribution in [3.05, 3.63) is 29.8 Å². The van der Waals surface area contributed by atoms with Gasteiger partial charge in [0.2, 0.25) is 0 Å². The van der Waals surface area contributed by atoms with Crippen LogP contribution in [0, 0.1) is 5.82 Å². The Kier molecular flexibility index (Phi) is 3.74. The molecule has 2 aliphatic heterocycles. The standard InChI is InChI=1S/C19H24FN3O2/c1-19(2,3)25-18(24)23-12-4-5-13(23)9-11(8-12)16-14-6-7-21-17(14)22-10-15(16)20/h6-7,10-13H,4-5,8-9H2,1-3H3,(H,21,22). The van der Waals surface area contributed by atoms with E-state index in [1.807, 2.05) is 31.7 Å². The maximum absolute atomic E-state index is 14.6. The molecular weight excluding hydrogens is 321 g/mol. The van der Waals surface area contributed by atoms with E-state index in [4.69, 9.17) is 4.74 Å². The number of amides is 1. The maximum atomic E-state index is 14.6. The fraction of sp³-hybridized carbons (Fsp3) is 0.579. The minimum Gasteiger partial charge on any atom is -0.444 e. The van der Waals surface area contributed by atoms with Gasteiger partial charge in [0.15, 0.2) is 0 Å². The van der Waals surface area contributed by atoms with Crippen LogP contribution in [0.4, 0.5) is 9.18 Å². The summed E-state index contributed by atoms with van der Waals surface area (Å²) in [6.45, 7) is 5.65. The molecule has 0 aliphatic carbocycles. The molecule has 2 aliphatic rings. The summed E-state index contributed by atoms with van der Waals surface area (Å²) < 4.78 is 20.1. The third-order valence-corrected chi connectivity index (χ3v) is 5.33. The lowest BCUT2D eigenvalue weighted by molar-refractivity contribution is 0.00580. The largest absolute Gasteiger partial charge is 0.444 e. The normalized spacial score (nSPS) is 26.2. The van der Waals surface area contributed by atoms with Crippen molar-refractivity contribution in [2.24, 2.45) is 0 Å². The number of nitrogens with one attached hydrogen (secondary N) is 1. The number of nitrogens with zero attached hydrogens (tertiary/aromatic N) is 2. The van der Waals surface area contributed by atoms with Crippen LogP contribution in [0.2, 0.25) is 0 Å². The first-order valence-corrected chi connectivity index (χ1v) is 8.96. The molecule has 5 nitrogen and oxygen atoms in total. The second-order valence-corrected chi connectivity index (χ2v) is 8.20. The van der Waals surface area contributed by atoms with E-state index < -0.39 is 5.60 Å². The van der Waals surface area contributed by atoms with Crippen LogP contribution in [0.5, 0.6) is 0 Å². The van der Waals surface area contributed by atoms with Crippen LogP contribution in [0.1, 0.15) is 57.9 Å². The number of hydrogen-bond donors (Lipinski definition) is 1. The molecule has 1 N–H and O–H groups in total. The highest BCUT2D eigenvalue weighted by atomic mass is 19.1. The third-order valence-electron chi connectivity index (χ3n) is 5.33. The predicted octanol–water partition coefficient (Wildman–Crippen LogP) is 4.35. The van der Waals surface area contributed by atoms with Crippen LogP contribution in [0.15, 0.2) is 18.5 Å². The van der Waals surface area contributed by atoms with Gasteiger partial charge in [-0.3, -0.25) is 0 Å². The van der Waals surface area contributed by atoms with Crippen LogP contribution < -0.4 is 0 Å². The summed E-state index contributed by atoms with van der Waals surface area (Å²) >= 11 is 0. The van der Waals surface area contributed by atoms with E-state index >= 15 is 0 Å². The van der Waals surface area contributed by atoms with E-state index in [2.05, 4.69) is 9.97 Å². The molecule has 1 amide bonds. The Balaban J connectivity index is 1.60. The zero-order valence-corrected chi connectivity index (χ0v) is 14.9. The minimum absolute atomic E-state index is 0.109. The van der Waals surface area contributed by atoms with Gasteiger partial charge >= 0.3 is 6.09 Å². The van der Waals surface area contributed by atoms with Crippen molar-refractivity contribution in [1.29, 1.82) is 0 Å². The highest BCUT2D eigenvalue weighted by molar-refractivity contribution is 5.80. The number of rotatable bonds is 1. The molecule has 25 heavy (non-hydrogen) atoms. The summed E-state index contributed by atoms with van der Waals surface area (Å²) in [5.74, 6) is -0.139. The van der Waals surface area contributed by atoms with E-state index in [9.17, 15) is 9.18 Å². The molecule has 2 fully saturated rings. The van der Waals surface area contributed by atoms with Crippen molar-refractivity contribution in [3.8, 4) is 0 Å². The summed E-state index contributed by atoms with van der Waals surface area (Å²) in [4.78, 5) is 21.6. The van der Waals surface area contributed by atoms with Gasteiger partial charge in [0, 0.05) is 29.2 Å². The predicted molar refractivity (Wildman–Crippen MR) is 92.9 cm³/mol. The topological polar surface area (TPSA) is 58.2 Å². The van der Waals surface area contributed by atoms with Crippen LogP contribution in [-0.2, 0) is 4.74 Å². The lowest BCUT2D eigenvalue weighted by Gasteiger charge is -2.39. The average molecular weight is 345 g/mol. The monoisotopic (exact) mass is 345 g/mol. The number of aromatic nitrogens is 2. The van der Waals surface area contributed by atoms with Gasteiger partial charge in [-0.1, -0.05) is 0 Å². The number of halogens is 1. The van der Waals surface area contributed by atoms with Gasteiger partial charge in [-0.15, -0.1) is 0 Å². The van der Waals surface area contributed by atoms with Gasteiger partial charge in [-0.05, 0) is 58.4 Å². The quantitative estimate of drug-likeness (QED) is 0.836. The molecule has 2 aromatic rings. The van der Waals surface area contributed by atoms with Crippen LogP contribution in [0.25, 0.3) is 11.0 Å². The molecule has 2 bridgehead atoms. The second-order valence-electron chi connectivity index (χ2n) is 8.20. The Hall–Kier alpha value is -2.11. The molecule has 2 unspecified atom stereocenters. The zero-order chi connectivity index (χ0) is 17.8. The fourth-order valence-electron chi connectivity index (χ4n) is 4.44. The number of H-pyrrole nitrogens is 1. The first-order chi connectivity index (χ1) is 11.8. The lowest BCUT2D eigenvalue weighted by atomic mass is 9.84. The Labute approximate surface area is 146 Å². The Morgan fingerprint density at radius 2 is 2.00 bits per heavy atom. The highest BCUT2D eigenvalue weighted by Crippen LogP contribution is 2.45. The first kappa shape index (κ1) is 16.4. The highest BCUT2D eigenvalue weighted by Gasteiger charge is 2.45. The van der Waals surface area contributed by atoms with Crippen molar-refractivity contribution in [2.75, 3.05) is 0 Å². The van der Waals surface area contributed by atoms with Crippen molar-refractivity contribution in [1.82, 2.24) is 14.9 Å². The summed E-state index contributed by atoms with van der Waals surface area (Å²) in [6.07, 6.45) is 6.34. The molecule has 2 atom stereocenters. The van der Waals surface area contributed by atoms with E-state index in [1.165, 1.54) is 6.20 Å². The molecule has 4 heterocycles. The van der Waals surface area contributed by atoms with Crippen molar-refractivity contribution < 1.29 is 13.9 Å². The van der Waals surface area contributed by atoms with Gasteiger partial charge in [-0.2, -0.15) is 0 Å². The number of carbonyl (C=O) groups is 1. The summed E-state index contributed by atoms with van der Waals surface area (Å²) in [5, 5.41) is 0.857. The summed E-state index contributed by atoms with van der Waals surface area (Å²) in [6, 6.07) is 2.14. The second kappa shape index (κ2) is 5.71. The van der Waals surface area contributed by atoms with Gasteiger partial charge in [0.25, 0.3) is 0 Å². The molecule has 134 valence electrons. The van der Waals surface area contributed by atoms with Crippen LogP contribution >= 0.6 is 0 Å². The van der Waals surface area contributed by atoms with Gasteiger partial charge < -0.3 is 14.6 Å². The minimum atomic E-state index is -0.498. The molecule has 0 saturated carbocycles. The molecule has 2 saturated heterocycles. The molecule has 2 aromatic heterocycles. The number of piperidine rings is 1. The fourth-order valence-corrected chi connectivity index (χ4v) is 4.44. The molecule has 4 rings (SSSR count). The summed E-state index contributed by atoms with van der Waals surface area (Å²) in [5.41, 5.74) is 0.965. The average Bonchev–Trinajstić information content (AvgIpc) is 3.08. The number of ether oxygens (including phenoxy) is 1. The summed E-state index contributed by atoms with van der Waals surface area (Å²) in [7, 11) is 0. The molecule has 0 spiro atoms. The van der Waals surface area contributed by atoms with Crippen LogP contribution in [-0.4, -0.2) is 38.6 Å². The number of carbonyl (C=O) groups excluding carboxylic acids is 1. The van der Waals surface area contributed by atoms with Crippen molar-refractivity contribution >= 4 is 17.1 Å². The third kappa shape index (κ3) is 2.87. The smallest absolute Gasteiger partial charge is 0.410 e. The molecular formula is C19H24FN3O2. The van der Waals surface area contributed by atoms with Crippen molar-refractivity contribution in [2.45, 2.75) is 70.1 Å². The zero-order valence-electron chi connectivity index (χ0n) is 14.9. The Morgan fingerprint density at radius 3 is 2.64 bits per heavy atom. The van der Waals surface area contributed by atoms with Gasteiger partial charge in [0.1, 0.15) is 17.1 Å². The van der Waals surface area contributed by atoms with Gasteiger partial charge in [-0.25, -0.2) is 14.2 Å². The number of hydrogen-bond acceptors (Lipinski definition) is 3. The number of aromatic amines is 1. The molecule has 0 aromatic carbocycles. The van der Waals surface area contributed by atoms with E-state index in [-0.39, 0.29) is 29.9 Å². The number of pyridine rings is 1. The van der Waals surface area contributed by atoms with E-state index in [1.54, 1.807) is 6.20 Å². The van der Waals surface area contributed by atoms with Gasteiger partial charge in [0.05, 0.1) is 6.20 Å². The lowest BCUT2D eigenvalue weighted by Crippen LogP contribution is -2.48. The number of fused-ring (bicyclic) bond motifs is 3. The SMILES string of the molecule is CC(C)(C)OC(=O)N1C2CCC1CC(c1c(F)cnc3[nH]ccc13)C2. The van der Waals surface area contributed by atoms with E-state index in [0.29, 0.717) is 0 Å².